The molecule has 1 aromatic rings. The Morgan fingerprint density at radius 3 is 2.53 bits per heavy atom. The molecule has 5 nitrogen and oxygen atoms in total. The van der Waals surface area contributed by atoms with Crippen molar-refractivity contribution in [2.75, 3.05) is 5.32 Å². The quantitative estimate of drug-likeness (QED) is 0.774. The number of rotatable bonds is 5. The summed E-state index contributed by atoms with van der Waals surface area (Å²) in [4.78, 5) is 22.6. The summed E-state index contributed by atoms with van der Waals surface area (Å²) < 4.78 is 0. The summed E-state index contributed by atoms with van der Waals surface area (Å²) in [6.07, 6.45) is 0.173. The molecule has 6 heteroatoms. The molecular formula is C13H17ClN2O3. The lowest BCUT2D eigenvalue weighted by molar-refractivity contribution is -0.116. The van der Waals surface area contributed by atoms with Gasteiger partial charge in [0.25, 0.3) is 0 Å². The third kappa shape index (κ3) is 4.89. The standard InChI is InChI=1S/C13H17ClN2O3/c1-7(2)11(15)6-12(17)16-10-4-8(13(18)19)3-9(14)5-10/h3-5,7,11H,6,15H2,1-2H3,(H,16,17)(H,18,19). The molecular weight excluding hydrogens is 268 g/mol. The van der Waals surface area contributed by atoms with Gasteiger partial charge in [0.2, 0.25) is 5.91 Å². The van der Waals surface area contributed by atoms with Gasteiger partial charge in [0.1, 0.15) is 0 Å². The van der Waals surface area contributed by atoms with Crippen molar-refractivity contribution in [1.29, 1.82) is 0 Å². The molecule has 0 heterocycles. The lowest BCUT2D eigenvalue weighted by Crippen LogP contribution is -2.31. The summed E-state index contributed by atoms with van der Waals surface area (Å²) in [5.41, 5.74) is 6.17. The van der Waals surface area contributed by atoms with E-state index in [9.17, 15) is 9.59 Å². The number of carbonyl (C=O) groups excluding carboxylic acids is 1. The molecule has 1 rings (SSSR count). The Balaban J connectivity index is 2.77. The zero-order valence-corrected chi connectivity index (χ0v) is 11.6. The second kappa shape index (κ2) is 6.54. The van der Waals surface area contributed by atoms with Crippen LogP contribution in [0.4, 0.5) is 5.69 Å². The van der Waals surface area contributed by atoms with Gasteiger partial charge in [0.05, 0.1) is 5.56 Å². The SMILES string of the molecule is CC(C)C(N)CC(=O)Nc1cc(Cl)cc(C(=O)O)c1. The van der Waals surface area contributed by atoms with E-state index in [0.29, 0.717) is 5.69 Å². The number of anilines is 1. The summed E-state index contributed by atoms with van der Waals surface area (Å²) in [5, 5.41) is 11.7. The van der Waals surface area contributed by atoms with Crippen LogP contribution in [-0.4, -0.2) is 23.0 Å². The van der Waals surface area contributed by atoms with Gasteiger partial charge in [0.15, 0.2) is 0 Å². The van der Waals surface area contributed by atoms with Crippen LogP contribution in [0.2, 0.25) is 5.02 Å². The number of carboxylic acid groups (broad SMARTS) is 1. The molecule has 104 valence electrons. The lowest BCUT2D eigenvalue weighted by atomic mass is 10.0. The van der Waals surface area contributed by atoms with Gasteiger partial charge in [-0.1, -0.05) is 25.4 Å². The normalized spacial score (nSPS) is 12.3. The number of benzene rings is 1. The minimum Gasteiger partial charge on any atom is -0.478 e. The van der Waals surface area contributed by atoms with Gasteiger partial charge in [-0.25, -0.2) is 4.79 Å². The number of hydrogen-bond acceptors (Lipinski definition) is 3. The second-order valence-electron chi connectivity index (χ2n) is 4.69. The average Bonchev–Trinajstić information content (AvgIpc) is 2.27. The van der Waals surface area contributed by atoms with E-state index in [-0.39, 0.29) is 34.9 Å². The molecule has 0 aliphatic heterocycles. The average molecular weight is 285 g/mol. The number of halogens is 1. The highest BCUT2D eigenvalue weighted by Crippen LogP contribution is 2.19. The molecule has 0 bridgehead atoms. The predicted octanol–water partition coefficient (Wildman–Crippen LogP) is 2.35. The predicted molar refractivity (Wildman–Crippen MR) is 74.5 cm³/mol. The van der Waals surface area contributed by atoms with Crippen LogP contribution >= 0.6 is 11.6 Å². The van der Waals surface area contributed by atoms with Crippen molar-refractivity contribution in [2.45, 2.75) is 26.3 Å². The van der Waals surface area contributed by atoms with E-state index in [0.717, 1.165) is 0 Å². The summed E-state index contributed by atoms with van der Waals surface area (Å²) in [6, 6.07) is 3.93. The maximum atomic E-state index is 11.7. The number of nitrogens with two attached hydrogens (primary N) is 1. The van der Waals surface area contributed by atoms with E-state index >= 15 is 0 Å². The van der Waals surface area contributed by atoms with E-state index in [1.54, 1.807) is 0 Å². The molecule has 0 aromatic heterocycles. The van der Waals surface area contributed by atoms with Gasteiger partial charge < -0.3 is 16.2 Å². The van der Waals surface area contributed by atoms with Gasteiger partial charge in [-0.2, -0.15) is 0 Å². The monoisotopic (exact) mass is 284 g/mol. The molecule has 0 saturated heterocycles. The van der Waals surface area contributed by atoms with Gasteiger partial charge in [0, 0.05) is 23.2 Å². The topological polar surface area (TPSA) is 92.4 Å². The van der Waals surface area contributed by atoms with Crippen LogP contribution < -0.4 is 11.1 Å². The van der Waals surface area contributed by atoms with Crippen LogP contribution in [0.25, 0.3) is 0 Å². The summed E-state index contributed by atoms with van der Waals surface area (Å²) in [6.45, 7) is 3.86. The Morgan fingerprint density at radius 2 is 2.00 bits per heavy atom. The minimum atomic E-state index is -1.10. The largest absolute Gasteiger partial charge is 0.478 e. The fourth-order valence-electron chi connectivity index (χ4n) is 1.45. The van der Waals surface area contributed by atoms with E-state index in [4.69, 9.17) is 22.4 Å². The highest BCUT2D eigenvalue weighted by Gasteiger charge is 2.14. The molecule has 0 radical (unpaired) electrons. The molecule has 4 N–H and O–H groups in total. The summed E-state index contributed by atoms with van der Waals surface area (Å²) in [7, 11) is 0. The van der Waals surface area contributed by atoms with Crippen molar-refractivity contribution in [3.8, 4) is 0 Å². The van der Waals surface area contributed by atoms with Gasteiger partial charge in [-0.3, -0.25) is 4.79 Å². The number of aromatic carboxylic acids is 1. The van der Waals surface area contributed by atoms with Crippen LogP contribution in [-0.2, 0) is 4.79 Å². The molecule has 0 fully saturated rings. The van der Waals surface area contributed by atoms with Crippen LogP contribution in [0.1, 0.15) is 30.6 Å². The summed E-state index contributed by atoms with van der Waals surface area (Å²) in [5.74, 6) is -1.17. The summed E-state index contributed by atoms with van der Waals surface area (Å²) >= 11 is 5.79. The molecule has 19 heavy (non-hydrogen) atoms. The second-order valence-corrected chi connectivity index (χ2v) is 5.13. The Bertz CT molecular complexity index is 489. The first-order valence-corrected chi connectivity index (χ1v) is 6.26. The maximum absolute atomic E-state index is 11.7. The molecule has 1 amide bonds. The zero-order chi connectivity index (χ0) is 14.6. The van der Waals surface area contributed by atoms with Crippen LogP contribution in [0.15, 0.2) is 18.2 Å². The highest BCUT2D eigenvalue weighted by molar-refractivity contribution is 6.31. The van der Waals surface area contributed by atoms with Crippen molar-refractivity contribution in [3.63, 3.8) is 0 Å². The van der Waals surface area contributed by atoms with Crippen molar-refractivity contribution < 1.29 is 14.7 Å². The fourth-order valence-corrected chi connectivity index (χ4v) is 1.68. The van der Waals surface area contributed by atoms with Crippen molar-refractivity contribution in [1.82, 2.24) is 0 Å². The fraction of sp³-hybridized carbons (Fsp3) is 0.385. The van der Waals surface area contributed by atoms with E-state index in [2.05, 4.69) is 5.32 Å². The third-order valence-corrected chi connectivity index (χ3v) is 2.92. The Hall–Kier alpha value is -1.59. The van der Waals surface area contributed by atoms with E-state index in [1.165, 1.54) is 18.2 Å². The number of nitrogens with one attached hydrogen (secondary N) is 1. The van der Waals surface area contributed by atoms with Crippen molar-refractivity contribution >= 4 is 29.2 Å². The minimum absolute atomic E-state index is 0.0240. The van der Waals surface area contributed by atoms with Crippen molar-refractivity contribution in [3.05, 3.63) is 28.8 Å². The van der Waals surface area contributed by atoms with Gasteiger partial charge in [-0.05, 0) is 24.1 Å². The Kier molecular flexibility index (Phi) is 5.32. The van der Waals surface area contributed by atoms with Crippen molar-refractivity contribution in [2.24, 2.45) is 11.7 Å². The number of amides is 1. The third-order valence-electron chi connectivity index (χ3n) is 2.71. The Labute approximate surface area is 116 Å². The van der Waals surface area contributed by atoms with E-state index in [1.807, 2.05) is 13.8 Å². The molecule has 1 atom stereocenters. The van der Waals surface area contributed by atoms with Gasteiger partial charge >= 0.3 is 5.97 Å². The lowest BCUT2D eigenvalue weighted by Gasteiger charge is -2.15. The van der Waals surface area contributed by atoms with Crippen LogP contribution in [0.5, 0.6) is 0 Å². The number of carbonyl (C=O) groups is 2. The highest BCUT2D eigenvalue weighted by atomic mass is 35.5. The van der Waals surface area contributed by atoms with Crippen LogP contribution in [0.3, 0.4) is 0 Å². The van der Waals surface area contributed by atoms with Crippen LogP contribution in [0, 0.1) is 5.92 Å². The molecule has 0 spiro atoms. The van der Waals surface area contributed by atoms with Gasteiger partial charge in [-0.15, -0.1) is 0 Å². The van der Waals surface area contributed by atoms with E-state index < -0.39 is 5.97 Å². The molecule has 1 aromatic carbocycles. The number of carboxylic acids is 1. The first-order chi connectivity index (χ1) is 8.79. The molecule has 1 unspecified atom stereocenters. The Morgan fingerprint density at radius 1 is 1.37 bits per heavy atom. The number of hydrogen-bond donors (Lipinski definition) is 3. The first-order valence-electron chi connectivity index (χ1n) is 5.89. The smallest absolute Gasteiger partial charge is 0.335 e. The molecule has 0 aliphatic rings. The zero-order valence-electron chi connectivity index (χ0n) is 10.8. The maximum Gasteiger partial charge on any atom is 0.335 e. The molecule has 0 aliphatic carbocycles. The molecule has 0 saturated carbocycles. The first kappa shape index (κ1) is 15.5.